The molecule has 13 heteroatoms. The number of nitrogens with two attached hydrogens (primary N) is 1. The molecule has 282 valence electrons. The van der Waals surface area contributed by atoms with Crippen LogP contribution < -0.4 is 21.7 Å². The SMILES string of the molecule is NC(=O)c1cnc2cc(-c3ccc(C(=O)CCCCCC(=O)CNc4cccc5c4C(=O)N(C4CCC(=O)NC4=O)C5=O)cc3)ccc2c1Nc1ccccc1. The fraction of sp³-hybridized carbons (Fsp3) is 0.209. The van der Waals surface area contributed by atoms with Crippen molar-refractivity contribution in [2.45, 2.75) is 51.0 Å². The maximum Gasteiger partial charge on any atom is 0.264 e. The van der Waals surface area contributed by atoms with Gasteiger partial charge in [-0.3, -0.25) is 48.8 Å². The molecule has 56 heavy (non-hydrogen) atoms. The van der Waals surface area contributed by atoms with Gasteiger partial charge in [0.25, 0.3) is 17.7 Å². The number of rotatable bonds is 15. The van der Waals surface area contributed by atoms with E-state index in [2.05, 4.69) is 20.9 Å². The molecule has 3 heterocycles. The molecule has 0 spiro atoms. The molecule has 7 rings (SSSR count). The van der Waals surface area contributed by atoms with E-state index in [9.17, 15) is 33.6 Å². The Morgan fingerprint density at radius 1 is 0.821 bits per heavy atom. The van der Waals surface area contributed by atoms with Gasteiger partial charge in [0.15, 0.2) is 11.6 Å². The number of fused-ring (bicyclic) bond motifs is 2. The molecule has 0 aliphatic carbocycles. The highest BCUT2D eigenvalue weighted by molar-refractivity contribution is 6.25. The van der Waals surface area contributed by atoms with Crippen LogP contribution >= 0.6 is 0 Å². The quantitative estimate of drug-likeness (QED) is 0.0563. The van der Waals surface area contributed by atoms with Gasteiger partial charge in [-0.05, 0) is 60.7 Å². The van der Waals surface area contributed by atoms with Gasteiger partial charge in [0, 0.05) is 47.8 Å². The first-order chi connectivity index (χ1) is 27.1. The molecule has 4 aromatic carbocycles. The van der Waals surface area contributed by atoms with Crippen LogP contribution in [0.2, 0.25) is 0 Å². The van der Waals surface area contributed by atoms with Crippen molar-refractivity contribution in [3.05, 3.63) is 119 Å². The molecular weight excluding hydrogens is 713 g/mol. The summed E-state index contributed by atoms with van der Waals surface area (Å²) in [7, 11) is 0. The second-order valence-corrected chi connectivity index (χ2v) is 13.8. The van der Waals surface area contributed by atoms with Gasteiger partial charge in [0.05, 0.1) is 34.4 Å². The van der Waals surface area contributed by atoms with E-state index < -0.39 is 35.6 Å². The van der Waals surface area contributed by atoms with Gasteiger partial charge in [-0.2, -0.15) is 0 Å². The van der Waals surface area contributed by atoms with Crippen molar-refractivity contribution >= 4 is 69.1 Å². The van der Waals surface area contributed by atoms with Gasteiger partial charge in [0.2, 0.25) is 11.8 Å². The maximum atomic E-state index is 13.3. The highest BCUT2D eigenvalue weighted by Gasteiger charge is 2.45. The van der Waals surface area contributed by atoms with Crippen molar-refractivity contribution in [1.29, 1.82) is 0 Å². The number of piperidine rings is 1. The molecule has 5 N–H and O–H groups in total. The molecule has 1 fully saturated rings. The zero-order valence-corrected chi connectivity index (χ0v) is 30.3. The van der Waals surface area contributed by atoms with Crippen molar-refractivity contribution in [3.63, 3.8) is 0 Å². The molecule has 0 bridgehead atoms. The van der Waals surface area contributed by atoms with Crippen LogP contribution in [-0.2, 0) is 14.4 Å². The molecule has 5 aromatic rings. The lowest BCUT2D eigenvalue weighted by molar-refractivity contribution is -0.136. The number of carbonyl (C=O) groups is 7. The van der Waals surface area contributed by atoms with Crippen LogP contribution in [0.1, 0.15) is 86.4 Å². The van der Waals surface area contributed by atoms with Crippen molar-refractivity contribution < 1.29 is 33.6 Å². The first kappa shape index (κ1) is 37.3. The van der Waals surface area contributed by atoms with E-state index in [1.807, 2.05) is 60.7 Å². The number of imide groups is 2. The Balaban J connectivity index is 0.885. The molecule has 2 aliphatic rings. The fourth-order valence-electron chi connectivity index (χ4n) is 7.08. The highest BCUT2D eigenvalue weighted by Crippen LogP contribution is 2.34. The number of pyridine rings is 1. The summed E-state index contributed by atoms with van der Waals surface area (Å²) in [6.07, 6.45) is 4.03. The van der Waals surface area contributed by atoms with Gasteiger partial charge in [-0.15, -0.1) is 0 Å². The second-order valence-electron chi connectivity index (χ2n) is 13.8. The summed E-state index contributed by atoms with van der Waals surface area (Å²) in [5, 5.41) is 9.20. The second kappa shape index (κ2) is 16.1. The molecule has 5 amide bonds. The number of primary amides is 1. The number of carbonyl (C=O) groups excluding carboxylic acids is 7. The predicted octanol–water partition coefficient (Wildman–Crippen LogP) is 5.96. The third-order valence-electron chi connectivity index (χ3n) is 10.0. The highest BCUT2D eigenvalue weighted by atomic mass is 16.2. The molecular formula is C43H38N6O7. The molecule has 1 aromatic heterocycles. The minimum absolute atomic E-state index is 0.00355. The first-order valence-electron chi connectivity index (χ1n) is 18.4. The lowest BCUT2D eigenvalue weighted by Gasteiger charge is -2.27. The molecule has 0 radical (unpaired) electrons. The Hall–Kier alpha value is -7.02. The lowest BCUT2D eigenvalue weighted by Crippen LogP contribution is -2.54. The van der Waals surface area contributed by atoms with E-state index in [-0.39, 0.29) is 54.1 Å². The number of hydrogen-bond donors (Lipinski definition) is 4. The van der Waals surface area contributed by atoms with Crippen LogP contribution in [0.4, 0.5) is 17.1 Å². The van der Waals surface area contributed by atoms with Gasteiger partial charge in [-0.25, -0.2) is 0 Å². The number of hydrogen-bond acceptors (Lipinski definition) is 10. The number of aromatic nitrogens is 1. The van der Waals surface area contributed by atoms with Crippen molar-refractivity contribution in [2.75, 3.05) is 17.2 Å². The van der Waals surface area contributed by atoms with Crippen LogP contribution in [-0.4, -0.2) is 63.6 Å². The van der Waals surface area contributed by atoms with E-state index >= 15 is 0 Å². The number of nitrogens with one attached hydrogen (secondary N) is 3. The van der Waals surface area contributed by atoms with E-state index in [4.69, 9.17) is 5.73 Å². The van der Waals surface area contributed by atoms with Crippen molar-refractivity contribution in [1.82, 2.24) is 15.2 Å². The number of benzene rings is 4. The zero-order chi connectivity index (χ0) is 39.3. The third kappa shape index (κ3) is 7.78. The minimum atomic E-state index is -1.08. The molecule has 0 saturated carbocycles. The topological polar surface area (TPSA) is 198 Å². The monoisotopic (exact) mass is 750 g/mol. The van der Waals surface area contributed by atoms with E-state index in [0.29, 0.717) is 48.1 Å². The smallest absolute Gasteiger partial charge is 0.264 e. The number of amides is 5. The van der Waals surface area contributed by atoms with Crippen LogP contribution in [0.25, 0.3) is 22.0 Å². The first-order valence-corrected chi connectivity index (χ1v) is 18.4. The molecule has 1 atom stereocenters. The number of anilines is 3. The molecule has 2 aliphatic heterocycles. The summed E-state index contributed by atoms with van der Waals surface area (Å²) in [5.41, 5.74) is 10.9. The van der Waals surface area contributed by atoms with Crippen molar-refractivity contribution in [3.8, 4) is 11.1 Å². The van der Waals surface area contributed by atoms with Crippen molar-refractivity contribution in [2.24, 2.45) is 5.73 Å². The summed E-state index contributed by atoms with van der Waals surface area (Å²) in [6.45, 7) is -0.0605. The summed E-state index contributed by atoms with van der Waals surface area (Å²) >= 11 is 0. The summed E-state index contributed by atoms with van der Waals surface area (Å²) in [6, 6.07) is 26.2. The fourth-order valence-corrected chi connectivity index (χ4v) is 7.08. The zero-order valence-electron chi connectivity index (χ0n) is 30.3. The molecule has 1 unspecified atom stereocenters. The predicted molar refractivity (Wildman–Crippen MR) is 209 cm³/mol. The normalized spacial score (nSPS) is 15.1. The Kier molecular flexibility index (Phi) is 10.8. The number of unbranched alkanes of at least 4 members (excludes halogenated alkanes) is 2. The Bertz CT molecular complexity index is 2410. The van der Waals surface area contributed by atoms with Gasteiger partial charge < -0.3 is 16.4 Å². The Morgan fingerprint density at radius 3 is 2.32 bits per heavy atom. The maximum absolute atomic E-state index is 13.3. The summed E-state index contributed by atoms with van der Waals surface area (Å²) in [4.78, 5) is 93.6. The van der Waals surface area contributed by atoms with E-state index in [1.54, 1.807) is 24.3 Å². The van der Waals surface area contributed by atoms with Gasteiger partial charge >= 0.3 is 0 Å². The van der Waals surface area contributed by atoms with Crippen LogP contribution in [0.15, 0.2) is 97.2 Å². The lowest BCUT2D eigenvalue weighted by atomic mass is 9.98. The summed E-state index contributed by atoms with van der Waals surface area (Å²) < 4.78 is 0. The van der Waals surface area contributed by atoms with E-state index in [0.717, 1.165) is 27.1 Å². The average Bonchev–Trinajstić information content (AvgIpc) is 3.46. The summed E-state index contributed by atoms with van der Waals surface area (Å²) in [5.74, 6) is -3.07. The van der Waals surface area contributed by atoms with Gasteiger partial charge in [0.1, 0.15) is 6.04 Å². The van der Waals surface area contributed by atoms with Crippen LogP contribution in [0, 0.1) is 0 Å². The number of Topliss-reactive ketones (excluding diaryl/α,β-unsaturated/α-hetero) is 2. The minimum Gasteiger partial charge on any atom is -0.377 e. The Labute approximate surface area is 321 Å². The number of ketones is 2. The standard InChI is InChI=1S/C43H38N6O7/c44-40(53)32-24-46-34-22-27(18-19-30(34)39(32)47-28-8-3-1-4-9-28)25-14-16-26(17-15-25)36(51)13-6-2-5-10-29(50)23-45-33-12-7-11-31-38(33)43(56)49(42(31)55)35-20-21-37(52)48-41(35)54/h1,3-4,7-9,11-12,14-19,22,24,35,45H,2,5-6,10,13,20-21,23H2,(H2,44,53)(H,46,47)(H,48,52,54). The Morgan fingerprint density at radius 2 is 1.57 bits per heavy atom. The number of nitrogens with zero attached hydrogens (tertiary/aromatic N) is 2. The largest absolute Gasteiger partial charge is 0.377 e. The molecule has 13 nitrogen and oxygen atoms in total. The third-order valence-corrected chi connectivity index (χ3v) is 10.0. The molecule has 1 saturated heterocycles. The van der Waals surface area contributed by atoms with Crippen LogP contribution in [0.3, 0.4) is 0 Å². The number of para-hydroxylation sites is 1. The van der Waals surface area contributed by atoms with Crippen LogP contribution in [0.5, 0.6) is 0 Å². The van der Waals surface area contributed by atoms with Gasteiger partial charge in [-0.1, -0.05) is 67.1 Å². The van der Waals surface area contributed by atoms with E-state index in [1.165, 1.54) is 12.3 Å². The average molecular weight is 751 g/mol.